The maximum Gasteiger partial charge on any atom is 0.118 e. The molecule has 0 aliphatic rings. The lowest BCUT2D eigenvalue weighted by Crippen LogP contribution is -2.21. The number of aliphatic hydroxyl groups excluding tert-OH is 2. The van der Waals surface area contributed by atoms with Gasteiger partial charge in [0.1, 0.15) is 5.75 Å². The third-order valence-electron chi connectivity index (χ3n) is 3.98. The Labute approximate surface area is 136 Å². The van der Waals surface area contributed by atoms with E-state index < -0.39 is 6.10 Å². The van der Waals surface area contributed by atoms with Gasteiger partial charge in [-0.3, -0.25) is 4.68 Å². The molecule has 0 saturated carbocycles. The lowest BCUT2D eigenvalue weighted by molar-refractivity contribution is 0.174. The average Bonchev–Trinajstić information content (AvgIpc) is 2.82. The second-order valence-electron chi connectivity index (χ2n) is 5.52. The quantitative estimate of drug-likeness (QED) is 0.684. The number of nitrogens with zero attached hydrogens (tertiary/aromatic N) is 2. The van der Waals surface area contributed by atoms with Gasteiger partial charge in [-0.1, -0.05) is 12.1 Å². The lowest BCUT2D eigenvalue weighted by Gasteiger charge is -2.13. The molecule has 2 rings (SSSR count). The number of rotatable bonds is 8. The highest BCUT2D eigenvalue weighted by Crippen LogP contribution is 2.18. The number of hydrogen-bond donors (Lipinski definition) is 3. The first-order chi connectivity index (χ1) is 11.1. The summed E-state index contributed by atoms with van der Waals surface area (Å²) in [7, 11) is 1.62. The maximum absolute atomic E-state index is 10.2. The summed E-state index contributed by atoms with van der Waals surface area (Å²) in [5.74, 6) is 0.774. The van der Waals surface area contributed by atoms with Gasteiger partial charge in [0.2, 0.25) is 0 Å². The lowest BCUT2D eigenvalue weighted by atomic mass is 10.1. The van der Waals surface area contributed by atoms with Crippen molar-refractivity contribution in [2.24, 2.45) is 0 Å². The van der Waals surface area contributed by atoms with E-state index in [-0.39, 0.29) is 6.61 Å². The van der Waals surface area contributed by atoms with Crippen molar-refractivity contribution in [2.45, 2.75) is 33.0 Å². The van der Waals surface area contributed by atoms with Crippen molar-refractivity contribution in [3.05, 3.63) is 46.8 Å². The van der Waals surface area contributed by atoms with E-state index in [9.17, 15) is 5.11 Å². The van der Waals surface area contributed by atoms with Crippen molar-refractivity contribution in [1.82, 2.24) is 15.1 Å². The molecule has 0 spiro atoms. The second-order valence-corrected chi connectivity index (χ2v) is 5.52. The molecule has 6 nitrogen and oxygen atoms in total. The number of aromatic nitrogens is 2. The van der Waals surface area contributed by atoms with Crippen LogP contribution in [0.2, 0.25) is 0 Å². The summed E-state index contributed by atoms with van der Waals surface area (Å²) in [4.78, 5) is 0. The molecule has 1 aromatic carbocycles. The van der Waals surface area contributed by atoms with Gasteiger partial charge in [-0.2, -0.15) is 5.10 Å². The standard InChI is InChI=1S/C17H25N3O3/c1-12-16(13(2)20(19-12)8-9-21)10-18-11-17(22)14-4-6-15(23-3)7-5-14/h4-7,17-18,21-22H,8-11H2,1-3H3. The van der Waals surface area contributed by atoms with Crippen LogP contribution in [0.25, 0.3) is 0 Å². The Kier molecular flexibility index (Phi) is 6.15. The molecule has 1 unspecified atom stereocenters. The van der Waals surface area contributed by atoms with Crippen molar-refractivity contribution in [2.75, 3.05) is 20.3 Å². The minimum absolute atomic E-state index is 0.0744. The van der Waals surface area contributed by atoms with Crippen LogP contribution in [0.4, 0.5) is 0 Å². The fraction of sp³-hybridized carbons (Fsp3) is 0.471. The van der Waals surface area contributed by atoms with Gasteiger partial charge in [-0.05, 0) is 31.5 Å². The molecule has 0 radical (unpaired) electrons. The van der Waals surface area contributed by atoms with Crippen LogP contribution < -0.4 is 10.1 Å². The smallest absolute Gasteiger partial charge is 0.118 e. The fourth-order valence-electron chi connectivity index (χ4n) is 2.58. The summed E-state index contributed by atoms with van der Waals surface area (Å²) in [6, 6.07) is 7.40. The zero-order valence-corrected chi connectivity index (χ0v) is 13.9. The van der Waals surface area contributed by atoms with E-state index >= 15 is 0 Å². The largest absolute Gasteiger partial charge is 0.497 e. The van der Waals surface area contributed by atoms with Gasteiger partial charge >= 0.3 is 0 Å². The Bertz CT molecular complexity index is 623. The Morgan fingerprint density at radius 3 is 2.57 bits per heavy atom. The van der Waals surface area contributed by atoms with Crippen molar-refractivity contribution < 1.29 is 14.9 Å². The molecule has 0 amide bonds. The minimum Gasteiger partial charge on any atom is -0.497 e. The second kappa shape index (κ2) is 8.10. The molecule has 6 heteroatoms. The predicted molar refractivity (Wildman–Crippen MR) is 88.4 cm³/mol. The first kappa shape index (κ1) is 17.5. The Morgan fingerprint density at radius 1 is 1.26 bits per heavy atom. The fourth-order valence-corrected chi connectivity index (χ4v) is 2.58. The zero-order chi connectivity index (χ0) is 16.8. The van der Waals surface area contributed by atoms with E-state index in [0.29, 0.717) is 19.6 Å². The Morgan fingerprint density at radius 2 is 1.96 bits per heavy atom. The van der Waals surface area contributed by atoms with Crippen molar-refractivity contribution in [3.63, 3.8) is 0 Å². The summed E-state index contributed by atoms with van der Waals surface area (Å²) in [5, 5.41) is 27.0. The van der Waals surface area contributed by atoms with Gasteiger partial charge in [0.05, 0.1) is 32.1 Å². The zero-order valence-electron chi connectivity index (χ0n) is 13.9. The Balaban J connectivity index is 1.91. The van der Waals surface area contributed by atoms with E-state index in [4.69, 9.17) is 9.84 Å². The number of benzene rings is 1. The van der Waals surface area contributed by atoms with Crippen LogP contribution >= 0.6 is 0 Å². The van der Waals surface area contributed by atoms with Crippen LogP contribution in [0.15, 0.2) is 24.3 Å². The SMILES string of the molecule is COc1ccc(C(O)CNCc2c(C)nn(CCO)c2C)cc1. The predicted octanol–water partition coefficient (Wildman–Crippen LogP) is 1.32. The monoisotopic (exact) mass is 319 g/mol. The van der Waals surface area contributed by atoms with Gasteiger partial charge in [-0.25, -0.2) is 0 Å². The van der Waals surface area contributed by atoms with E-state index in [1.54, 1.807) is 7.11 Å². The third kappa shape index (κ3) is 4.31. The molecular weight excluding hydrogens is 294 g/mol. The van der Waals surface area contributed by atoms with E-state index in [0.717, 1.165) is 28.3 Å². The molecule has 126 valence electrons. The number of aryl methyl sites for hydroxylation is 1. The number of nitrogens with one attached hydrogen (secondary N) is 1. The molecule has 3 N–H and O–H groups in total. The van der Waals surface area contributed by atoms with E-state index in [1.807, 2.05) is 42.8 Å². The number of methoxy groups -OCH3 is 1. The molecule has 1 atom stereocenters. The van der Waals surface area contributed by atoms with Crippen LogP contribution in [0.3, 0.4) is 0 Å². The van der Waals surface area contributed by atoms with Crippen molar-refractivity contribution >= 4 is 0 Å². The third-order valence-corrected chi connectivity index (χ3v) is 3.98. The van der Waals surface area contributed by atoms with Crippen molar-refractivity contribution in [1.29, 1.82) is 0 Å². The normalized spacial score (nSPS) is 12.4. The minimum atomic E-state index is -0.575. The molecule has 0 fully saturated rings. The first-order valence-corrected chi connectivity index (χ1v) is 7.73. The summed E-state index contributed by atoms with van der Waals surface area (Å²) in [6.45, 7) is 5.61. The topological polar surface area (TPSA) is 79.5 Å². The molecule has 0 bridgehead atoms. The molecule has 1 heterocycles. The summed E-state index contributed by atoms with van der Waals surface area (Å²) in [6.07, 6.45) is -0.575. The van der Waals surface area contributed by atoms with Gasteiger partial charge in [0, 0.05) is 24.3 Å². The highest BCUT2D eigenvalue weighted by molar-refractivity contribution is 5.28. The first-order valence-electron chi connectivity index (χ1n) is 7.73. The molecular formula is C17H25N3O3. The van der Waals surface area contributed by atoms with Gasteiger partial charge in [0.15, 0.2) is 0 Å². The number of hydrogen-bond acceptors (Lipinski definition) is 5. The van der Waals surface area contributed by atoms with E-state index in [1.165, 1.54) is 0 Å². The van der Waals surface area contributed by atoms with Crippen LogP contribution in [-0.4, -0.2) is 40.3 Å². The molecule has 23 heavy (non-hydrogen) atoms. The molecule has 0 aliphatic heterocycles. The molecule has 0 saturated heterocycles. The Hall–Kier alpha value is -1.89. The average molecular weight is 319 g/mol. The van der Waals surface area contributed by atoms with Gasteiger partial charge in [-0.15, -0.1) is 0 Å². The van der Waals surface area contributed by atoms with Crippen LogP contribution in [0, 0.1) is 13.8 Å². The van der Waals surface area contributed by atoms with Crippen LogP contribution in [0.5, 0.6) is 5.75 Å². The number of aliphatic hydroxyl groups is 2. The highest BCUT2D eigenvalue weighted by Gasteiger charge is 2.12. The van der Waals surface area contributed by atoms with Gasteiger partial charge in [0.25, 0.3) is 0 Å². The maximum atomic E-state index is 10.2. The summed E-state index contributed by atoms with van der Waals surface area (Å²) in [5.41, 5.74) is 3.95. The highest BCUT2D eigenvalue weighted by atomic mass is 16.5. The van der Waals surface area contributed by atoms with E-state index in [2.05, 4.69) is 10.4 Å². The molecule has 2 aromatic rings. The van der Waals surface area contributed by atoms with Gasteiger partial charge < -0.3 is 20.3 Å². The molecule has 1 aromatic heterocycles. The summed E-state index contributed by atoms with van der Waals surface area (Å²) < 4.78 is 6.92. The molecule has 0 aliphatic carbocycles. The van der Waals surface area contributed by atoms with Crippen LogP contribution in [0.1, 0.15) is 28.6 Å². The number of ether oxygens (including phenoxy) is 1. The van der Waals surface area contributed by atoms with Crippen LogP contribution in [-0.2, 0) is 13.1 Å². The van der Waals surface area contributed by atoms with Crippen molar-refractivity contribution in [3.8, 4) is 5.75 Å². The summed E-state index contributed by atoms with van der Waals surface area (Å²) >= 11 is 0.